The van der Waals surface area contributed by atoms with Gasteiger partial charge in [0, 0.05) is 11.8 Å². The molecule has 0 aliphatic heterocycles. The Labute approximate surface area is 121 Å². The minimum Gasteiger partial charge on any atom is -0.383 e. The lowest BCUT2D eigenvalue weighted by molar-refractivity contribution is 0.501. The normalized spacial score (nSPS) is 12.5. The van der Waals surface area contributed by atoms with Gasteiger partial charge in [0.05, 0.1) is 15.5 Å². The van der Waals surface area contributed by atoms with E-state index in [4.69, 9.17) is 23.1 Å². The van der Waals surface area contributed by atoms with Crippen LogP contribution in [0.3, 0.4) is 0 Å². The Morgan fingerprint density at radius 3 is 2.63 bits per heavy atom. The van der Waals surface area contributed by atoms with Crippen molar-refractivity contribution in [1.82, 2.24) is 4.98 Å². The van der Waals surface area contributed by atoms with Crippen LogP contribution in [0, 0.1) is 11.6 Å². The van der Waals surface area contributed by atoms with Gasteiger partial charge in [0.1, 0.15) is 5.82 Å². The van der Waals surface area contributed by atoms with Gasteiger partial charge in [-0.05, 0) is 33.6 Å². The lowest BCUT2D eigenvalue weighted by Gasteiger charge is -2.16. The molecule has 3 nitrogen and oxygen atoms in total. The fourth-order valence-electron chi connectivity index (χ4n) is 1.66. The third kappa shape index (κ3) is 2.70. The van der Waals surface area contributed by atoms with Crippen molar-refractivity contribution in [3.05, 3.63) is 56.7 Å². The molecule has 0 radical (unpaired) electrons. The van der Waals surface area contributed by atoms with Crippen molar-refractivity contribution < 1.29 is 8.78 Å². The molecule has 0 bridgehead atoms. The van der Waals surface area contributed by atoms with E-state index in [0.717, 1.165) is 6.07 Å². The highest BCUT2D eigenvalue weighted by Crippen LogP contribution is 2.32. The molecule has 0 aliphatic rings. The van der Waals surface area contributed by atoms with Crippen molar-refractivity contribution in [3.63, 3.8) is 0 Å². The molecule has 1 aromatic carbocycles. The third-order valence-corrected chi connectivity index (χ3v) is 3.66. The monoisotopic (exact) mass is 347 g/mol. The second kappa shape index (κ2) is 5.40. The van der Waals surface area contributed by atoms with E-state index < -0.39 is 17.7 Å². The van der Waals surface area contributed by atoms with Gasteiger partial charge < -0.3 is 11.5 Å². The van der Waals surface area contributed by atoms with E-state index in [0.29, 0.717) is 16.1 Å². The number of nitrogens with zero attached hydrogens (tertiary/aromatic N) is 1. The van der Waals surface area contributed by atoms with E-state index in [1.807, 2.05) is 0 Å². The number of pyridine rings is 1. The first-order chi connectivity index (χ1) is 8.91. The van der Waals surface area contributed by atoms with Crippen LogP contribution in [0.1, 0.15) is 17.2 Å². The van der Waals surface area contributed by atoms with Crippen LogP contribution in [0.25, 0.3) is 0 Å². The first-order valence-electron chi connectivity index (χ1n) is 5.21. The molecule has 1 heterocycles. The van der Waals surface area contributed by atoms with Crippen LogP contribution in [0.2, 0.25) is 5.02 Å². The summed E-state index contributed by atoms with van der Waals surface area (Å²) in [5.74, 6) is -1.77. The predicted octanol–water partition coefficient (Wildman–Crippen LogP) is 3.41. The largest absolute Gasteiger partial charge is 0.383 e. The van der Waals surface area contributed by atoms with E-state index in [2.05, 4.69) is 20.9 Å². The summed E-state index contributed by atoms with van der Waals surface area (Å²) in [6.07, 6.45) is 1.38. The van der Waals surface area contributed by atoms with E-state index >= 15 is 0 Å². The maximum atomic E-state index is 13.5. The Kier molecular flexibility index (Phi) is 4.03. The summed E-state index contributed by atoms with van der Waals surface area (Å²) in [7, 11) is 0. The lowest BCUT2D eigenvalue weighted by atomic mass is 10.00. The number of anilines is 1. The molecule has 2 aromatic rings. The zero-order valence-electron chi connectivity index (χ0n) is 9.50. The molecule has 0 aliphatic carbocycles. The van der Waals surface area contributed by atoms with E-state index in [-0.39, 0.29) is 10.3 Å². The number of nitrogen functional groups attached to an aromatic ring is 1. The molecule has 2 rings (SSSR count). The molecule has 19 heavy (non-hydrogen) atoms. The van der Waals surface area contributed by atoms with Crippen LogP contribution in [0.15, 0.2) is 28.9 Å². The smallest absolute Gasteiger partial charge is 0.173 e. The van der Waals surface area contributed by atoms with E-state index in [1.54, 1.807) is 6.07 Å². The molecule has 0 saturated heterocycles. The zero-order chi connectivity index (χ0) is 14.2. The van der Waals surface area contributed by atoms with Crippen molar-refractivity contribution in [2.24, 2.45) is 5.73 Å². The average Bonchev–Trinajstić information content (AvgIpc) is 2.38. The number of halogens is 4. The summed E-state index contributed by atoms with van der Waals surface area (Å²) in [6.45, 7) is 0. The molecule has 7 heteroatoms. The first-order valence-corrected chi connectivity index (χ1v) is 6.38. The van der Waals surface area contributed by atoms with Crippen LogP contribution in [-0.4, -0.2) is 4.98 Å². The summed E-state index contributed by atoms with van der Waals surface area (Å²) in [6, 6.07) is 3.16. The van der Waals surface area contributed by atoms with Gasteiger partial charge in [-0.3, -0.25) is 0 Å². The Morgan fingerprint density at radius 2 is 1.95 bits per heavy atom. The second-order valence-electron chi connectivity index (χ2n) is 3.87. The molecular formula is C12H9BrClF2N3. The average molecular weight is 349 g/mol. The van der Waals surface area contributed by atoms with Gasteiger partial charge in [0.2, 0.25) is 0 Å². The lowest BCUT2D eigenvalue weighted by Crippen LogP contribution is -2.16. The van der Waals surface area contributed by atoms with Crippen molar-refractivity contribution in [1.29, 1.82) is 0 Å². The molecule has 0 fully saturated rings. The highest BCUT2D eigenvalue weighted by atomic mass is 79.9. The molecule has 4 N–H and O–H groups in total. The third-order valence-electron chi connectivity index (χ3n) is 2.65. The summed E-state index contributed by atoms with van der Waals surface area (Å²) >= 11 is 8.81. The van der Waals surface area contributed by atoms with E-state index in [9.17, 15) is 8.78 Å². The Morgan fingerprint density at radius 1 is 1.26 bits per heavy atom. The van der Waals surface area contributed by atoms with Gasteiger partial charge >= 0.3 is 0 Å². The van der Waals surface area contributed by atoms with Crippen LogP contribution in [-0.2, 0) is 0 Å². The Balaban J connectivity index is 2.53. The quantitative estimate of drug-likeness (QED) is 0.818. The molecular weight excluding hydrogens is 340 g/mol. The second-order valence-corrected chi connectivity index (χ2v) is 5.10. The molecule has 1 atom stereocenters. The number of benzene rings is 1. The number of hydrogen-bond acceptors (Lipinski definition) is 3. The van der Waals surface area contributed by atoms with Gasteiger partial charge in [-0.25, -0.2) is 13.8 Å². The molecule has 1 aromatic heterocycles. The van der Waals surface area contributed by atoms with Crippen LogP contribution >= 0.6 is 27.5 Å². The molecule has 0 spiro atoms. The van der Waals surface area contributed by atoms with Gasteiger partial charge in [-0.2, -0.15) is 0 Å². The van der Waals surface area contributed by atoms with Gasteiger partial charge in [-0.1, -0.05) is 17.7 Å². The van der Waals surface area contributed by atoms with Crippen LogP contribution < -0.4 is 11.5 Å². The first kappa shape index (κ1) is 14.2. The maximum Gasteiger partial charge on any atom is 0.173 e. The Bertz CT molecular complexity index is 637. The number of nitrogens with two attached hydrogens (primary N) is 2. The number of hydrogen-bond donors (Lipinski definition) is 2. The maximum absolute atomic E-state index is 13.5. The van der Waals surface area contributed by atoms with Crippen molar-refractivity contribution >= 4 is 33.3 Å². The number of aromatic nitrogens is 1. The van der Waals surface area contributed by atoms with Crippen LogP contribution in [0.5, 0.6) is 0 Å². The highest BCUT2D eigenvalue weighted by Gasteiger charge is 2.20. The van der Waals surface area contributed by atoms with Crippen molar-refractivity contribution in [2.45, 2.75) is 6.04 Å². The predicted molar refractivity (Wildman–Crippen MR) is 73.7 cm³/mol. The topological polar surface area (TPSA) is 64.9 Å². The summed E-state index contributed by atoms with van der Waals surface area (Å²) < 4.78 is 26.5. The van der Waals surface area contributed by atoms with Crippen LogP contribution in [0.4, 0.5) is 14.6 Å². The zero-order valence-corrected chi connectivity index (χ0v) is 11.8. The summed E-state index contributed by atoms with van der Waals surface area (Å²) in [4.78, 5) is 3.88. The molecule has 0 saturated carbocycles. The number of rotatable bonds is 2. The van der Waals surface area contributed by atoms with Gasteiger partial charge in [0.15, 0.2) is 11.6 Å². The van der Waals surface area contributed by atoms with Crippen molar-refractivity contribution in [3.8, 4) is 0 Å². The van der Waals surface area contributed by atoms with E-state index in [1.165, 1.54) is 12.3 Å². The summed E-state index contributed by atoms with van der Waals surface area (Å²) in [5.41, 5.74) is 12.5. The summed E-state index contributed by atoms with van der Waals surface area (Å²) in [5, 5.41) is 0.360. The molecule has 1 unspecified atom stereocenters. The fourth-order valence-corrected chi connectivity index (χ4v) is 2.40. The SMILES string of the molecule is Nc1ncc(Cl)cc1C(N)c1ccc(F)c(F)c1Br. The van der Waals surface area contributed by atoms with Gasteiger partial charge in [0.25, 0.3) is 0 Å². The Hall–Kier alpha value is -1.24. The van der Waals surface area contributed by atoms with Gasteiger partial charge in [-0.15, -0.1) is 0 Å². The molecule has 0 amide bonds. The fraction of sp³-hybridized carbons (Fsp3) is 0.0833. The minimum atomic E-state index is -0.999. The highest BCUT2D eigenvalue weighted by molar-refractivity contribution is 9.10. The van der Waals surface area contributed by atoms with Crippen molar-refractivity contribution in [2.75, 3.05) is 5.73 Å². The molecule has 100 valence electrons. The standard InChI is InChI=1S/C12H9BrClF2N3/c13-9-6(1-2-8(15)10(9)16)11(17)7-3-5(14)4-19-12(7)18/h1-4,11H,17H2,(H2,18,19). The minimum absolute atomic E-state index is 0.0422.